The molecule has 6 nitrogen and oxygen atoms in total. The van der Waals surface area contributed by atoms with E-state index in [2.05, 4.69) is 17.1 Å². The van der Waals surface area contributed by atoms with Gasteiger partial charge in [0.15, 0.2) is 17.2 Å². The van der Waals surface area contributed by atoms with E-state index in [0.717, 1.165) is 5.56 Å². The molecule has 3 aromatic rings. The molecule has 0 aliphatic heterocycles. The molecule has 3 aromatic carbocycles. The van der Waals surface area contributed by atoms with Gasteiger partial charge in [-0.25, -0.2) is 5.43 Å². The Morgan fingerprint density at radius 2 is 1.69 bits per heavy atom. The van der Waals surface area contributed by atoms with Crippen molar-refractivity contribution in [2.45, 2.75) is 13.5 Å². The van der Waals surface area contributed by atoms with E-state index in [1.54, 1.807) is 48.5 Å². The molecule has 0 bridgehead atoms. The predicted molar refractivity (Wildman–Crippen MR) is 141 cm³/mol. The third-order valence-corrected chi connectivity index (χ3v) is 5.37. The van der Waals surface area contributed by atoms with Crippen LogP contribution in [-0.4, -0.2) is 25.3 Å². The maximum absolute atomic E-state index is 12.5. The van der Waals surface area contributed by atoms with Gasteiger partial charge in [0.1, 0.15) is 13.2 Å². The monoisotopic (exact) mass is 532 g/mol. The van der Waals surface area contributed by atoms with Crippen molar-refractivity contribution < 1.29 is 19.0 Å². The molecule has 3 rings (SSSR count). The highest BCUT2D eigenvalue weighted by atomic mass is 35.5. The van der Waals surface area contributed by atoms with E-state index >= 15 is 0 Å². The van der Waals surface area contributed by atoms with Gasteiger partial charge in [-0.15, -0.1) is 0 Å². The van der Waals surface area contributed by atoms with Crippen LogP contribution in [0.15, 0.2) is 72.4 Å². The van der Waals surface area contributed by atoms with Gasteiger partial charge in [0, 0.05) is 10.6 Å². The minimum Gasteiger partial charge on any atom is -0.490 e. The third-order valence-electron chi connectivity index (χ3n) is 4.56. The minimum absolute atomic E-state index is 0.279. The highest BCUT2D eigenvalue weighted by Crippen LogP contribution is 2.34. The summed E-state index contributed by atoms with van der Waals surface area (Å²) in [5.74, 6) is 0.914. The second-order valence-corrected chi connectivity index (χ2v) is 8.37. The summed E-state index contributed by atoms with van der Waals surface area (Å²) in [6, 6.07) is 15.4. The van der Waals surface area contributed by atoms with Crippen LogP contribution in [0.4, 0.5) is 0 Å². The Hall–Kier alpha value is -3.19. The molecule has 0 saturated carbocycles. The first-order valence-electron chi connectivity index (χ1n) is 10.6. The fourth-order valence-corrected chi connectivity index (χ4v) is 3.68. The zero-order chi connectivity index (χ0) is 25.2. The minimum atomic E-state index is -0.419. The largest absolute Gasteiger partial charge is 0.490 e. The Bertz CT molecular complexity index is 1190. The fourth-order valence-electron chi connectivity index (χ4n) is 2.94. The van der Waals surface area contributed by atoms with Crippen LogP contribution in [0.5, 0.6) is 17.2 Å². The van der Waals surface area contributed by atoms with Crippen molar-refractivity contribution in [1.29, 1.82) is 0 Å². The van der Waals surface area contributed by atoms with Gasteiger partial charge in [-0.3, -0.25) is 4.79 Å². The number of hydrogen-bond donors (Lipinski definition) is 1. The van der Waals surface area contributed by atoms with Crippen LogP contribution in [0.1, 0.15) is 28.4 Å². The average Bonchev–Trinajstić information content (AvgIpc) is 2.84. The van der Waals surface area contributed by atoms with Crippen LogP contribution in [-0.2, 0) is 6.61 Å². The molecule has 0 aliphatic rings. The van der Waals surface area contributed by atoms with Gasteiger partial charge in [-0.1, -0.05) is 59.6 Å². The van der Waals surface area contributed by atoms with Gasteiger partial charge in [0.25, 0.3) is 5.91 Å². The maximum atomic E-state index is 12.5. The number of nitrogens with one attached hydrogen (secondary N) is 1. The molecule has 1 amide bonds. The zero-order valence-electron chi connectivity index (χ0n) is 18.9. The highest BCUT2D eigenvalue weighted by molar-refractivity contribution is 6.37. The second-order valence-electron chi connectivity index (χ2n) is 7.12. The molecule has 0 fully saturated rings. The molecule has 182 valence electrons. The molecule has 35 heavy (non-hydrogen) atoms. The molecule has 0 heterocycles. The van der Waals surface area contributed by atoms with E-state index in [1.807, 2.05) is 19.1 Å². The number of hydrogen-bond acceptors (Lipinski definition) is 5. The van der Waals surface area contributed by atoms with Crippen LogP contribution in [0, 0.1) is 0 Å². The van der Waals surface area contributed by atoms with Crippen LogP contribution < -0.4 is 19.6 Å². The van der Waals surface area contributed by atoms with Crippen molar-refractivity contribution in [2.75, 3.05) is 13.2 Å². The standard InChI is InChI=1S/C26H23Cl3N2O4/c1-3-11-34-23-10-7-19(14-24(23)33-4-2)26(32)31-30-15-18-12-21(28)25(22(29)13-18)35-16-17-5-8-20(27)9-6-17/h3,5-10,12-15H,1,4,11,16H2,2H3,(H,31,32)/b30-15+. The number of amides is 1. The average molecular weight is 534 g/mol. The molecule has 0 aromatic heterocycles. The number of rotatable bonds is 11. The van der Waals surface area contributed by atoms with Crippen LogP contribution in [0.25, 0.3) is 0 Å². The van der Waals surface area contributed by atoms with Crippen LogP contribution in [0.2, 0.25) is 15.1 Å². The van der Waals surface area contributed by atoms with E-state index < -0.39 is 5.91 Å². The van der Waals surface area contributed by atoms with Gasteiger partial charge in [0.05, 0.1) is 22.9 Å². The van der Waals surface area contributed by atoms with E-state index in [9.17, 15) is 4.79 Å². The highest BCUT2D eigenvalue weighted by Gasteiger charge is 2.12. The lowest BCUT2D eigenvalue weighted by molar-refractivity contribution is 0.0954. The topological polar surface area (TPSA) is 69.2 Å². The van der Waals surface area contributed by atoms with Gasteiger partial charge >= 0.3 is 0 Å². The molecule has 0 saturated heterocycles. The van der Waals surface area contributed by atoms with Crippen molar-refractivity contribution in [2.24, 2.45) is 5.10 Å². The zero-order valence-corrected chi connectivity index (χ0v) is 21.2. The SMILES string of the molecule is C=CCOc1ccc(C(=O)N/N=C/c2cc(Cl)c(OCc3ccc(Cl)cc3)c(Cl)c2)cc1OCC. The molecule has 0 unspecified atom stereocenters. The van der Waals surface area contributed by atoms with Crippen molar-refractivity contribution in [3.63, 3.8) is 0 Å². The summed E-state index contributed by atoms with van der Waals surface area (Å²) in [6.07, 6.45) is 3.06. The summed E-state index contributed by atoms with van der Waals surface area (Å²) in [5, 5.41) is 5.27. The summed E-state index contributed by atoms with van der Waals surface area (Å²) in [5.41, 5.74) is 4.34. The lowest BCUT2D eigenvalue weighted by atomic mass is 10.2. The van der Waals surface area contributed by atoms with Gasteiger partial charge in [-0.2, -0.15) is 5.10 Å². The normalized spacial score (nSPS) is 10.7. The first-order valence-corrected chi connectivity index (χ1v) is 11.7. The molecule has 0 radical (unpaired) electrons. The number of ether oxygens (including phenoxy) is 3. The molecule has 0 atom stereocenters. The lowest BCUT2D eigenvalue weighted by Crippen LogP contribution is -2.17. The Labute approximate surface area is 219 Å². The summed E-state index contributed by atoms with van der Waals surface area (Å²) >= 11 is 18.6. The molecule has 0 spiro atoms. The third kappa shape index (κ3) is 7.65. The number of benzene rings is 3. The Balaban J connectivity index is 1.64. The molecule has 9 heteroatoms. The summed E-state index contributed by atoms with van der Waals surface area (Å²) < 4.78 is 16.9. The smallest absolute Gasteiger partial charge is 0.271 e. The van der Waals surface area contributed by atoms with Gasteiger partial charge in [-0.05, 0) is 60.5 Å². The summed E-state index contributed by atoms with van der Waals surface area (Å²) in [7, 11) is 0. The molecular weight excluding hydrogens is 511 g/mol. The fraction of sp³-hybridized carbons (Fsp3) is 0.154. The Morgan fingerprint density at radius 3 is 2.34 bits per heavy atom. The summed E-state index contributed by atoms with van der Waals surface area (Å²) in [6.45, 7) is 6.50. The van der Waals surface area contributed by atoms with E-state index in [-0.39, 0.29) is 6.61 Å². The van der Waals surface area contributed by atoms with Crippen molar-refractivity contribution >= 4 is 46.9 Å². The van der Waals surface area contributed by atoms with Crippen molar-refractivity contribution in [3.05, 3.63) is 99.0 Å². The van der Waals surface area contributed by atoms with Crippen molar-refractivity contribution in [3.8, 4) is 17.2 Å². The van der Waals surface area contributed by atoms with Gasteiger partial charge in [0.2, 0.25) is 0 Å². The van der Waals surface area contributed by atoms with Gasteiger partial charge < -0.3 is 14.2 Å². The number of hydrazone groups is 1. The quantitative estimate of drug-likeness (QED) is 0.164. The number of halogens is 3. The Kier molecular flexibility index (Phi) is 9.85. The summed E-state index contributed by atoms with van der Waals surface area (Å²) in [4.78, 5) is 12.5. The van der Waals surface area contributed by atoms with Crippen LogP contribution >= 0.6 is 34.8 Å². The predicted octanol–water partition coefficient (Wildman–Crippen LogP) is 6.95. The Morgan fingerprint density at radius 1 is 0.971 bits per heavy atom. The molecular formula is C26H23Cl3N2O4. The molecule has 1 N–H and O–H groups in total. The maximum Gasteiger partial charge on any atom is 0.271 e. The second kappa shape index (κ2) is 13.0. The van der Waals surface area contributed by atoms with Crippen molar-refractivity contribution in [1.82, 2.24) is 5.43 Å². The van der Waals surface area contributed by atoms with E-state index in [1.165, 1.54) is 6.21 Å². The first-order chi connectivity index (χ1) is 16.9. The number of nitrogens with zero attached hydrogens (tertiary/aromatic N) is 1. The number of carbonyl (C=O) groups is 1. The van der Waals surface area contributed by atoms with E-state index in [4.69, 9.17) is 49.0 Å². The molecule has 0 aliphatic carbocycles. The lowest BCUT2D eigenvalue weighted by Gasteiger charge is -2.12. The number of carbonyl (C=O) groups excluding carboxylic acids is 1. The van der Waals surface area contributed by atoms with Crippen LogP contribution in [0.3, 0.4) is 0 Å². The van der Waals surface area contributed by atoms with E-state index in [0.29, 0.717) is 56.7 Å². The first kappa shape index (κ1) is 26.4.